The number of alkyl carbamates (subject to hydrolysis) is 1. The number of piperidine rings is 1. The lowest BCUT2D eigenvalue weighted by Gasteiger charge is -2.39. The van der Waals surface area contributed by atoms with Crippen molar-refractivity contribution in [1.29, 1.82) is 0 Å². The third-order valence-corrected chi connectivity index (χ3v) is 4.98. The summed E-state index contributed by atoms with van der Waals surface area (Å²) in [5, 5.41) is 3.01. The highest BCUT2D eigenvalue weighted by atomic mass is 16.6. The molecule has 1 saturated heterocycles. The Bertz CT molecular complexity index is 650. The van der Waals surface area contributed by atoms with Crippen LogP contribution in [0.15, 0.2) is 30.3 Å². The summed E-state index contributed by atoms with van der Waals surface area (Å²) in [6.45, 7) is 7.08. The minimum atomic E-state index is -0.496. The van der Waals surface area contributed by atoms with E-state index in [1.165, 1.54) is 0 Å². The zero-order chi connectivity index (χ0) is 18.8. The molecule has 142 valence electrons. The van der Waals surface area contributed by atoms with Gasteiger partial charge >= 0.3 is 12.2 Å². The third kappa shape index (κ3) is 4.68. The van der Waals surface area contributed by atoms with Crippen LogP contribution < -0.4 is 5.32 Å². The average Bonchev–Trinajstić information content (AvgIpc) is 3.34. The molecule has 0 aromatic heterocycles. The number of benzene rings is 1. The molecule has 3 rings (SSSR count). The summed E-state index contributed by atoms with van der Waals surface area (Å²) >= 11 is 0. The van der Waals surface area contributed by atoms with E-state index < -0.39 is 11.7 Å². The van der Waals surface area contributed by atoms with Crippen LogP contribution in [-0.2, 0) is 16.1 Å². The number of hydrogen-bond donors (Lipinski definition) is 1. The highest BCUT2D eigenvalue weighted by Crippen LogP contribution is 2.52. The Morgan fingerprint density at radius 1 is 1.23 bits per heavy atom. The molecule has 1 aromatic rings. The molecule has 2 fully saturated rings. The van der Waals surface area contributed by atoms with Gasteiger partial charge in [-0.25, -0.2) is 9.59 Å². The molecule has 0 bridgehead atoms. The minimum absolute atomic E-state index is 0.0269. The smallest absolute Gasteiger partial charge is 0.410 e. The summed E-state index contributed by atoms with van der Waals surface area (Å²) in [5.41, 5.74) is 0.439. The molecule has 1 aromatic carbocycles. The summed E-state index contributed by atoms with van der Waals surface area (Å²) in [4.78, 5) is 26.2. The number of carbonyl (C=O) groups is 2. The minimum Gasteiger partial charge on any atom is -0.445 e. The van der Waals surface area contributed by atoms with Gasteiger partial charge in [-0.1, -0.05) is 30.3 Å². The average molecular weight is 360 g/mol. The second-order valence-corrected chi connectivity index (χ2v) is 8.31. The number of nitrogens with one attached hydrogen (secondary N) is 1. The maximum Gasteiger partial charge on any atom is 0.410 e. The van der Waals surface area contributed by atoms with Crippen LogP contribution in [0, 0.1) is 5.41 Å². The number of amides is 2. The van der Waals surface area contributed by atoms with Gasteiger partial charge in [-0.05, 0) is 45.6 Å². The van der Waals surface area contributed by atoms with Crippen LogP contribution in [0.2, 0.25) is 0 Å². The Balaban J connectivity index is 1.50. The van der Waals surface area contributed by atoms with Crippen LogP contribution in [0.1, 0.15) is 45.6 Å². The predicted octanol–water partition coefficient (Wildman–Crippen LogP) is 3.70. The van der Waals surface area contributed by atoms with Crippen molar-refractivity contribution < 1.29 is 19.1 Å². The second kappa shape index (κ2) is 7.17. The van der Waals surface area contributed by atoms with Gasteiger partial charge in [-0.3, -0.25) is 0 Å². The van der Waals surface area contributed by atoms with E-state index in [9.17, 15) is 9.59 Å². The fraction of sp³-hybridized carbons (Fsp3) is 0.600. The Kier molecular flexibility index (Phi) is 5.12. The molecule has 1 saturated carbocycles. The molecule has 1 aliphatic heterocycles. The first kappa shape index (κ1) is 18.5. The van der Waals surface area contributed by atoms with E-state index in [2.05, 4.69) is 5.32 Å². The van der Waals surface area contributed by atoms with Gasteiger partial charge in [0, 0.05) is 24.5 Å². The number of likely N-dealkylation sites (tertiary alicyclic amines) is 1. The maximum absolute atomic E-state index is 12.3. The normalized spacial score (nSPS) is 21.2. The molecular weight excluding hydrogens is 332 g/mol. The van der Waals surface area contributed by atoms with Crippen LogP contribution in [0.25, 0.3) is 0 Å². The van der Waals surface area contributed by atoms with Gasteiger partial charge in [-0.2, -0.15) is 0 Å². The number of carbonyl (C=O) groups excluding carboxylic acids is 2. The molecule has 1 unspecified atom stereocenters. The standard InChI is InChI=1S/C20H28N2O4/c1-19(2,3)26-18(24)22-12-9-16(20(14-22)10-11-20)21-17(23)25-13-15-7-5-4-6-8-15/h4-8,16H,9-14H2,1-3H3,(H,21,23). The molecule has 26 heavy (non-hydrogen) atoms. The van der Waals surface area contributed by atoms with Crippen molar-refractivity contribution in [2.45, 2.75) is 58.3 Å². The molecule has 1 heterocycles. The van der Waals surface area contributed by atoms with E-state index in [1.807, 2.05) is 51.1 Å². The van der Waals surface area contributed by atoms with Crippen molar-refractivity contribution in [3.05, 3.63) is 35.9 Å². The lowest BCUT2D eigenvalue weighted by Crippen LogP contribution is -2.54. The summed E-state index contributed by atoms with van der Waals surface area (Å²) in [5.74, 6) is 0. The Hall–Kier alpha value is -2.24. The first-order valence-corrected chi connectivity index (χ1v) is 9.23. The van der Waals surface area contributed by atoms with Gasteiger partial charge in [0.15, 0.2) is 0 Å². The summed E-state index contributed by atoms with van der Waals surface area (Å²) in [7, 11) is 0. The second-order valence-electron chi connectivity index (χ2n) is 8.31. The number of hydrogen-bond acceptors (Lipinski definition) is 4. The lowest BCUT2D eigenvalue weighted by atomic mass is 9.89. The van der Waals surface area contributed by atoms with E-state index in [-0.39, 0.29) is 24.2 Å². The van der Waals surface area contributed by atoms with E-state index >= 15 is 0 Å². The quantitative estimate of drug-likeness (QED) is 0.892. The third-order valence-electron chi connectivity index (χ3n) is 4.98. The Morgan fingerprint density at radius 3 is 2.54 bits per heavy atom. The Labute approximate surface area is 154 Å². The van der Waals surface area contributed by atoms with Crippen molar-refractivity contribution in [2.24, 2.45) is 5.41 Å². The van der Waals surface area contributed by atoms with Gasteiger partial charge in [0.25, 0.3) is 0 Å². The molecule has 2 aliphatic rings. The monoisotopic (exact) mass is 360 g/mol. The molecule has 1 N–H and O–H groups in total. The van der Waals surface area contributed by atoms with Crippen LogP contribution >= 0.6 is 0 Å². The zero-order valence-electron chi connectivity index (χ0n) is 15.8. The number of ether oxygens (including phenoxy) is 2. The largest absolute Gasteiger partial charge is 0.445 e. The van der Waals surface area contributed by atoms with E-state index in [4.69, 9.17) is 9.47 Å². The van der Waals surface area contributed by atoms with Crippen molar-refractivity contribution >= 4 is 12.2 Å². The maximum atomic E-state index is 12.3. The summed E-state index contributed by atoms with van der Waals surface area (Å²) < 4.78 is 10.8. The fourth-order valence-electron chi connectivity index (χ4n) is 3.44. The first-order valence-electron chi connectivity index (χ1n) is 9.23. The van der Waals surface area contributed by atoms with Gasteiger partial charge in [0.1, 0.15) is 12.2 Å². The number of nitrogens with zero attached hydrogens (tertiary/aromatic N) is 1. The topological polar surface area (TPSA) is 67.9 Å². The molecule has 1 spiro atoms. The predicted molar refractivity (Wildman–Crippen MR) is 97.6 cm³/mol. The molecule has 2 amide bonds. The van der Waals surface area contributed by atoms with Crippen LogP contribution in [-0.4, -0.2) is 41.8 Å². The van der Waals surface area contributed by atoms with E-state index in [1.54, 1.807) is 4.90 Å². The van der Waals surface area contributed by atoms with Crippen LogP contribution in [0.3, 0.4) is 0 Å². The van der Waals surface area contributed by atoms with Crippen molar-refractivity contribution in [2.75, 3.05) is 13.1 Å². The highest BCUT2D eigenvalue weighted by Gasteiger charge is 2.54. The molecular formula is C20H28N2O4. The van der Waals surface area contributed by atoms with Crippen LogP contribution in [0.5, 0.6) is 0 Å². The van der Waals surface area contributed by atoms with Crippen molar-refractivity contribution in [3.63, 3.8) is 0 Å². The highest BCUT2D eigenvalue weighted by molar-refractivity contribution is 5.69. The van der Waals surface area contributed by atoms with E-state index in [0.29, 0.717) is 13.1 Å². The van der Waals surface area contributed by atoms with Gasteiger partial charge in [-0.15, -0.1) is 0 Å². The van der Waals surface area contributed by atoms with Crippen LogP contribution in [0.4, 0.5) is 9.59 Å². The SMILES string of the molecule is CC(C)(C)OC(=O)N1CCC(NC(=O)OCc2ccccc2)C2(CC2)C1. The zero-order valence-corrected chi connectivity index (χ0v) is 15.8. The molecule has 6 heteroatoms. The fourth-order valence-corrected chi connectivity index (χ4v) is 3.44. The molecule has 1 atom stereocenters. The molecule has 0 radical (unpaired) electrons. The van der Waals surface area contributed by atoms with Gasteiger partial charge < -0.3 is 19.7 Å². The van der Waals surface area contributed by atoms with Crippen molar-refractivity contribution in [1.82, 2.24) is 10.2 Å². The molecule has 6 nitrogen and oxygen atoms in total. The Morgan fingerprint density at radius 2 is 1.92 bits per heavy atom. The number of rotatable bonds is 3. The van der Waals surface area contributed by atoms with Crippen molar-refractivity contribution in [3.8, 4) is 0 Å². The summed E-state index contributed by atoms with van der Waals surface area (Å²) in [6, 6.07) is 9.66. The lowest BCUT2D eigenvalue weighted by molar-refractivity contribution is 0.0106. The van der Waals surface area contributed by atoms with Gasteiger partial charge in [0.2, 0.25) is 0 Å². The molecule has 1 aliphatic carbocycles. The van der Waals surface area contributed by atoms with E-state index in [0.717, 1.165) is 24.8 Å². The summed E-state index contributed by atoms with van der Waals surface area (Å²) in [6.07, 6.45) is 2.08. The van der Waals surface area contributed by atoms with Gasteiger partial charge in [0.05, 0.1) is 0 Å². The first-order chi connectivity index (χ1) is 12.3.